The number of hydrogen-bond donors (Lipinski definition) is 0. The van der Waals surface area contributed by atoms with Crippen LogP contribution in [-0.2, 0) is 4.74 Å². The summed E-state index contributed by atoms with van der Waals surface area (Å²) in [5.74, 6) is 0.919. The number of ether oxygens (including phenoxy) is 1. The molecule has 3 atom stereocenters. The second-order valence-electron chi connectivity index (χ2n) is 5.56. The van der Waals surface area contributed by atoms with Gasteiger partial charge in [0.25, 0.3) is 0 Å². The summed E-state index contributed by atoms with van der Waals surface area (Å²) in [7, 11) is 0. The maximum absolute atomic E-state index is 13.5. The molecule has 2 nitrogen and oxygen atoms in total. The highest BCUT2D eigenvalue weighted by Crippen LogP contribution is 2.25. The largest absolute Gasteiger partial charge is 0.376 e. The predicted octanol–water partition coefficient (Wildman–Crippen LogP) is 2.48. The van der Waals surface area contributed by atoms with Gasteiger partial charge in [-0.2, -0.15) is 0 Å². The Bertz CT molecular complexity index is 216. The van der Waals surface area contributed by atoms with Crippen LogP contribution in [-0.4, -0.2) is 43.4 Å². The lowest BCUT2D eigenvalue weighted by atomic mass is 9.92. The van der Waals surface area contributed by atoms with E-state index in [0.29, 0.717) is 13.0 Å². The Morgan fingerprint density at radius 2 is 1.88 bits per heavy atom. The first kappa shape index (κ1) is 12.3. The van der Waals surface area contributed by atoms with Gasteiger partial charge in [0, 0.05) is 25.5 Å². The molecule has 0 aliphatic carbocycles. The van der Waals surface area contributed by atoms with Gasteiger partial charge in [0.2, 0.25) is 0 Å². The Balaban J connectivity index is 1.80. The minimum Gasteiger partial charge on any atom is -0.376 e. The van der Waals surface area contributed by atoms with Gasteiger partial charge in [-0.3, -0.25) is 0 Å². The van der Waals surface area contributed by atoms with Crippen molar-refractivity contribution in [2.24, 2.45) is 11.8 Å². The van der Waals surface area contributed by atoms with Crippen molar-refractivity contribution in [2.45, 2.75) is 45.4 Å². The van der Waals surface area contributed by atoms with Crippen molar-refractivity contribution in [1.82, 2.24) is 4.90 Å². The monoisotopic (exact) mass is 229 g/mol. The summed E-state index contributed by atoms with van der Waals surface area (Å²) in [5, 5.41) is 0. The molecule has 0 saturated carbocycles. The smallest absolute Gasteiger partial charge is 0.107 e. The quantitative estimate of drug-likeness (QED) is 0.721. The molecular weight excluding hydrogens is 205 g/mol. The third-order valence-corrected chi connectivity index (χ3v) is 4.20. The van der Waals surface area contributed by atoms with E-state index < -0.39 is 6.17 Å². The normalized spacial score (nSPS) is 38.8. The fraction of sp³-hybridized carbons (Fsp3) is 1.00. The molecule has 2 saturated heterocycles. The van der Waals surface area contributed by atoms with E-state index in [0.717, 1.165) is 25.6 Å². The van der Waals surface area contributed by atoms with Crippen LogP contribution in [0.25, 0.3) is 0 Å². The molecular formula is C13H24FNO. The van der Waals surface area contributed by atoms with Crippen molar-refractivity contribution in [3.8, 4) is 0 Å². The predicted molar refractivity (Wildman–Crippen MR) is 63.3 cm³/mol. The van der Waals surface area contributed by atoms with Crippen LogP contribution < -0.4 is 0 Å². The first-order valence-corrected chi connectivity index (χ1v) is 6.65. The van der Waals surface area contributed by atoms with Gasteiger partial charge >= 0.3 is 0 Å². The molecule has 2 heterocycles. The molecule has 0 radical (unpaired) electrons. The lowest BCUT2D eigenvalue weighted by Gasteiger charge is -2.38. The molecule has 94 valence electrons. The minimum absolute atomic E-state index is 0.0631. The summed E-state index contributed by atoms with van der Waals surface area (Å²) in [4.78, 5) is 2.44. The van der Waals surface area contributed by atoms with Gasteiger partial charge in [0.05, 0.1) is 6.10 Å². The molecule has 0 aromatic rings. The van der Waals surface area contributed by atoms with E-state index in [9.17, 15) is 4.39 Å². The molecule has 0 bridgehead atoms. The Labute approximate surface area is 98.1 Å². The van der Waals surface area contributed by atoms with Crippen LogP contribution in [0.5, 0.6) is 0 Å². The number of likely N-dealkylation sites (tertiary alicyclic amines) is 1. The van der Waals surface area contributed by atoms with E-state index in [2.05, 4.69) is 11.8 Å². The molecule has 2 aliphatic heterocycles. The van der Waals surface area contributed by atoms with Crippen molar-refractivity contribution in [3.63, 3.8) is 0 Å². The van der Waals surface area contributed by atoms with Crippen LogP contribution in [0.15, 0.2) is 0 Å². The number of nitrogens with zero attached hydrogens (tertiary/aromatic N) is 1. The third kappa shape index (κ3) is 2.95. The molecule has 2 rings (SSSR count). The standard InChI is InChI=1S/C13H24FNO/c1-10-3-6-15(7-4-10)9-13-11(2)12(14)5-8-16-13/h10-13H,3-9H2,1-2H3/t11-,12-,13-/m0/s1. The van der Waals surface area contributed by atoms with Gasteiger partial charge < -0.3 is 9.64 Å². The van der Waals surface area contributed by atoms with E-state index in [4.69, 9.17) is 4.74 Å². The van der Waals surface area contributed by atoms with Crippen LogP contribution >= 0.6 is 0 Å². The number of hydrogen-bond acceptors (Lipinski definition) is 2. The fourth-order valence-electron chi connectivity index (χ4n) is 2.70. The average molecular weight is 229 g/mol. The van der Waals surface area contributed by atoms with Crippen LogP contribution in [0, 0.1) is 11.8 Å². The zero-order valence-corrected chi connectivity index (χ0v) is 10.5. The molecule has 16 heavy (non-hydrogen) atoms. The zero-order chi connectivity index (χ0) is 11.5. The number of alkyl halides is 1. The summed E-state index contributed by atoms with van der Waals surface area (Å²) in [6.07, 6.45) is 2.58. The third-order valence-electron chi connectivity index (χ3n) is 4.20. The van der Waals surface area contributed by atoms with Gasteiger partial charge in [-0.05, 0) is 31.8 Å². The van der Waals surface area contributed by atoms with Gasteiger partial charge in [-0.1, -0.05) is 13.8 Å². The minimum atomic E-state index is -0.664. The maximum Gasteiger partial charge on any atom is 0.107 e. The highest BCUT2D eigenvalue weighted by molar-refractivity contribution is 4.82. The number of piperidine rings is 1. The lowest BCUT2D eigenvalue weighted by molar-refractivity contribution is -0.0749. The summed E-state index contributed by atoms with van der Waals surface area (Å²) in [6.45, 7) is 8.14. The summed E-state index contributed by atoms with van der Waals surface area (Å²) < 4.78 is 19.3. The summed E-state index contributed by atoms with van der Waals surface area (Å²) >= 11 is 0. The first-order valence-electron chi connectivity index (χ1n) is 6.65. The second kappa shape index (κ2) is 5.46. The molecule has 0 spiro atoms. The zero-order valence-electron chi connectivity index (χ0n) is 10.5. The lowest BCUT2D eigenvalue weighted by Crippen LogP contribution is -2.46. The van der Waals surface area contributed by atoms with Crippen molar-refractivity contribution in [1.29, 1.82) is 0 Å². The van der Waals surface area contributed by atoms with Crippen molar-refractivity contribution in [3.05, 3.63) is 0 Å². The molecule has 2 aliphatic rings. The number of rotatable bonds is 2. The molecule has 3 heteroatoms. The summed E-state index contributed by atoms with van der Waals surface area (Å²) in [6, 6.07) is 0. The highest BCUT2D eigenvalue weighted by atomic mass is 19.1. The first-order chi connectivity index (χ1) is 7.66. The topological polar surface area (TPSA) is 12.5 Å². The van der Waals surface area contributed by atoms with E-state index in [-0.39, 0.29) is 12.0 Å². The van der Waals surface area contributed by atoms with E-state index in [1.54, 1.807) is 0 Å². The Kier molecular flexibility index (Phi) is 4.20. The van der Waals surface area contributed by atoms with Crippen LogP contribution in [0.4, 0.5) is 4.39 Å². The summed E-state index contributed by atoms with van der Waals surface area (Å²) in [5.41, 5.74) is 0. The fourth-order valence-corrected chi connectivity index (χ4v) is 2.70. The second-order valence-corrected chi connectivity index (χ2v) is 5.56. The van der Waals surface area contributed by atoms with Gasteiger partial charge in [-0.25, -0.2) is 4.39 Å². The van der Waals surface area contributed by atoms with Crippen LogP contribution in [0.1, 0.15) is 33.1 Å². The molecule has 2 fully saturated rings. The van der Waals surface area contributed by atoms with Crippen molar-refractivity contribution < 1.29 is 9.13 Å². The molecule has 0 N–H and O–H groups in total. The van der Waals surface area contributed by atoms with Crippen LogP contribution in [0.2, 0.25) is 0 Å². The average Bonchev–Trinajstić information content (AvgIpc) is 2.28. The Morgan fingerprint density at radius 3 is 2.56 bits per heavy atom. The molecule has 0 aromatic heterocycles. The number of halogens is 1. The molecule has 0 aromatic carbocycles. The van der Waals surface area contributed by atoms with E-state index >= 15 is 0 Å². The molecule has 0 unspecified atom stereocenters. The van der Waals surface area contributed by atoms with E-state index in [1.807, 2.05) is 6.92 Å². The Morgan fingerprint density at radius 1 is 1.19 bits per heavy atom. The van der Waals surface area contributed by atoms with Gasteiger partial charge in [-0.15, -0.1) is 0 Å². The Hall–Kier alpha value is -0.150. The van der Waals surface area contributed by atoms with E-state index in [1.165, 1.54) is 12.8 Å². The van der Waals surface area contributed by atoms with Gasteiger partial charge in [0.1, 0.15) is 6.17 Å². The van der Waals surface area contributed by atoms with Crippen molar-refractivity contribution in [2.75, 3.05) is 26.2 Å². The van der Waals surface area contributed by atoms with Gasteiger partial charge in [0.15, 0.2) is 0 Å². The highest BCUT2D eigenvalue weighted by Gasteiger charge is 2.32. The van der Waals surface area contributed by atoms with Crippen LogP contribution in [0.3, 0.4) is 0 Å². The van der Waals surface area contributed by atoms with Crippen molar-refractivity contribution >= 4 is 0 Å². The molecule has 0 amide bonds. The maximum atomic E-state index is 13.5. The SMILES string of the molecule is CC1CCN(C[C@@H]2OCC[C@H](F)[C@@H]2C)CC1.